The molecule has 1 aromatic heterocycles. The predicted octanol–water partition coefficient (Wildman–Crippen LogP) is 1.97. The highest BCUT2D eigenvalue weighted by Crippen LogP contribution is 2.18. The van der Waals surface area contributed by atoms with Crippen molar-refractivity contribution in [3.8, 4) is 0 Å². The summed E-state index contributed by atoms with van der Waals surface area (Å²) in [4.78, 5) is 0. The van der Waals surface area contributed by atoms with Crippen molar-refractivity contribution in [2.75, 3.05) is 6.61 Å². The number of furan rings is 1. The lowest BCUT2D eigenvalue weighted by Crippen LogP contribution is -1.85. The van der Waals surface area contributed by atoms with Gasteiger partial charge in [-0.05, 0) is 12.1 Å². The van der Waals surface area contributed by atoms with Gasteiger partial charge in [0.2, 0.25) is 0 Å². The van der Waals surface area contributed by atoms with E-state index in [4.69, 9.17) is 9.52 Å². The summed E-state index contributed by atoms with van der Waals surface area (Å²) in [7, 11) is 0. The molecule has 2 aromatic rings. The van der Waals surface area contributed by atoms with E-state index in [0.29, 0.717) is 6.42 Å². The van der Waals surface area contributed by atoms with Crippen LogP contribution < -0.4 is 0 Å². The number of aliphatic hydroxyl groups excluding tert-OH is 1. The summed E-state index contributed by atoms with van der Waals surface area (Å²) >= 11 is 0. The molecule has 0 aliphatic rings. The number of para-hydroxylation sites is 1. The Bertz CT molecular complexity index is 343. The molecular formula is C10H10O2. The van der Waals surface area contributed by atoms with Gasteiger partial charge in [-0.2, -0.15) is 0 Å². The Morgan fingerprint density at radius 2 is 2.08 bits per heavy atom. The molecule has 0 saturated heterocycles. The first-order chi connectivity index (χ1) is 5.90. The highest BCUT2D eigenvalue weighted by atomic mass is 16.3. The minimum atomic E-state index is 0.139. The van der Waals surface area contributed by atoms with E-state index in [9.17, 15) is 0 Å². The minimum absolute atomic E-state index is 0.139. The summed E-state index contributed by atoms with van der Waals surface area (Å²) in [6.07, 6.45) is 0.592. The largest absolute Gasteiger partial charge is 0.461 e. The molecule has 0 spiro atoms. The zero-order valence-corrected chi connectivity index (χ0v) is 6.66. The van der Waals surface area contributed by atoms with Crippen LogP contribution in [0.15, 0.2) is 34.7 Å². The molecule has 0 radical (unpaired) electrons. The van der Waals surface area contributed by atoms with Crippen LogP contribution in [0.2, 0.25) is 0 Å². The maximum absolute atomic E-state index is 8.68. The Kier molecular flexibility index (Phi) is 1.84. The molecular weight excluding hydrogens is 152 g/mol. The SMILES string of the molecule is OCCc1cc2ccccc2o1. The van der Waals surface area contributed by atoms with Gasteiger partial charge in [-0.25, -0.2) is 0 Å². The Balaban J connectivity index is 2.47. The number of hydrogen-bond donors (Lipinski definition) is 1. The van der Waals surface area contributed by atoms with Crippen molar-refractivity contribution < 1.29 is 9.52 Å². The molecule has 1 aromatic carbocycles. The second-order valence-electron chi connectivity index (χ2n) is 2.72. The molecule has 0 aliphatic heterocycles. The van der Waals surface area contributed by atoms with Crippen molar-refractivity contribution >= 4 is 11.0 Å². The van der Waals surface area contributed by atoms with Gasteiger partial charge in [0.1, 0.15) is 11.3 Å². The smallest absolute Gasteiger partial charge is 0.134 e. The lowest BCUT2D eigenvalue weighted by molar-refractivity contribution is 0.289. The molecule has 1 heterocycles. The summed E-state index contributed by atoms with van der Waals surface area (Å²) in [6, 6.07) is 9.80. The van der Waals surface area contributed by atoms with Crippen molar-refractivity contribution in [2.45, 2.75) is 6.42 Å². The zero-order chi connectivity index (χ0) is 8.39. The first-order valence-electron chi connectivity index (χ1n) is 3.98. The summed E-state index contributed by atoms with van der Waals surface area (Å²) < 4.78 is 5.45. The summed E-state index contributed by atoms with van der Waals surface area (Å²) in [5.74, 6) is 0.846. The van der Waals surface area contributed by atoms with Crippen molar-refractivity contribution in [2.24, 2.45) is 0 Å². The molecule has 0 unspecified atom stereocenters. The molecule has 2 heteroatoms. The molecule has 2 rings (SSSR count). The average molecular weight is 162 g/mol. The normalized spacial score (nSPS) is 10.8. The molecule has 0 fully saturated rings. The predicted molar refractivity (Wildman–Crippen MR) is 47.0 cm³/mol. The topological polar surface area (TPSA) is 33.4 Å². The van der Waals surface area contributed by atoms with Crippen molar-refractivity contribution in [3.63, 3.8) is 0 Å². The van der Waals surface area contributed by atoms with Gasteiger partial charge in [-0.3, -0.25) is 0 Å². The number of benzene rings is 1. The van der Waals surface area contributed by atoms with E-state index in [-0.39, 0.29) is 6.61 Å². The fourth-order valence-electron chi connectivity index (χ4n) is 1.27. The third-order valence-corrected chi connectivity index (χ3v) is 1.83. The number of rotatable bonds is 2. The van der Waals surface area contributed by atoms with E-state index >= 15 is 0 Å². The van der Waals surface area contributed by atoms with Crippen LogP contribution in [0.5, 0.6) is 0 Å². The molecule has 62 valence electrons. The van der Waals surface area contributed by atoms with Gasteiger partial charge in [-0.1, -0.05) is 18.2 Å². The third-order valence-electron chi connectivity index (χ3n) is 1.83. The Morgan fingerprint density at radius 3 is 2.83 bits per heavy atom. The fourth-order valence-corrected chi connectivity index (χ4v) is 1.27. The van der Waals surface area contributed by atoms with E-state index in [2.05, 4.69) is 0 Å². The highest BCUT2D eigenvalue weighted by molar-refractivity contribution is 5.77. The molecule has 0 atom stereocenters. The molecule has 0 amide bonds. The van der Waals surface area contributed by atoms with E-state index in [1.165, 1.54) is 0 Å². The van der Waals surface area contributed by atoms with Gasteiger partial charge >= 0.3 is 0 Å². The molecule has 2 nitrogen and oxygen atoms in total. The standard InChI is InChI=1S/C10H10O2/c11-6-5-9-7-8-3-1-2-4-10(8)12-9/h1-4,7,11H,5-6H2. The maximum Gasteiger partial charge on any atom is 0.134 e. The third kappa shape index (κ3) is 1.21. The fraction of sp³-hybridized carbons (Fsp3) is 0.200. The van der Waals surface area contributed by atoms with E-state index in [1.54, 1.807) is 0 Å². The van der Waals surface area contributed by atoms with E-state index in [0.717, 1.165) is 16.7 Å². The first-order valence-corrected chi connectivity index (χ1v) is 3.98. The molecule has 12 heavy (non-hydrogen) atoms. The van der Waals surface area contributed by atoms with Crippen LogP contribution in [0.25, 0.3) is 11.0 Å². The van der Waals surface area contributed by atoms with E-state index in [1.807, 2.05) is 30.3 Å². The quantitative estimate of drug-likeness (QED) is 0.732. The Labute approximate surface area is 70.4 Å². The summed E-state index contributed by atoms with van der Waals surface area (Å²) in [5, 5.41) is 9.78. The van der Waals surface area contributed by atoms with Crippen LogP contribution >= 0.6 is 0 Å². The van der Waals surface area contributed by atoms with Gasteiger partial charge < -0.3 is 9.52 Å². The summed E-state index contributed by atoms with van der Waals surface area (Å²) in [6.45, 7) is 0.139. The van der Waals surface area contributed by atoms with E-state index < -0.39 is 0 Å². The zero-order valence-electron chi connectivity index (χ0n) is 6.66. The monoisotopic (exact) mass is 162 g/mol. The van der Waals surface area contributed by atoms with Crippen molar-refractivity contribution in [1.82, 2.24) is 0 Å². The van der Waals surface area contributed by atoms with Gasteiger partial charge in [0.25, 0.3) is 0 Å². The minimum Gasteiger partial charge on any atom is -0.461 e. The second kappa shape index (κ2) is 2.99. The van der Waals surface area contributed by atoms with Crippen LogP contribution in [-0.2, 0) is 6.42 Å². The van der Waals surface area contributed by atoms with Gasteiger partial charge in [0, 0.05) is 11.8 Å². The lowest BCUT2D eigenvalue weighted by Gasteiger charge is -1.87. The lowest BCUT2D eigenvalue weighted by atomic mass is 10.2. The van der Waals surface area contributed by atoms with Crippen LogP contribution in [0.4, 0.5) is 0 Å². The number of fused-ring (bicyclic) bond motifs is 1. The average Bonchev–Trinajstić information content (AvgIpc) is 2.47. The maximum atomic E-state index is 8.68. The van der Waals surface area contributed by atoms with Crippen LogP contribution in [0, 0.1) is 0 Å². The van der Waals surface area contributed by atoms with Crippen molar-refractivity contribution in [1.29, 1.82) is 0 Å². The van der Waals surface area contributed by atoms with Crippen molar-refractivity contribution in [3.05, 3.63) is 36.1 Å². The summed E-state index contributed by atoms with van der Waals surface area (Å²) in [5.41, 5.74) is 0.890. The first kappa shape index (κ1) is 7.37. The van der Waals surface area contributed by atoms with Crippen LogP contribution in [-0.4, -0.2) is 11.7 Å². The molecule has 0 aliphatic carbocycles. The van der Waals surface area contributed by atoms with Gasteiger partial charge in [0.15, 0.2) is 0 Å². The van der Waals surface area contributed by atoms with Crippen LogP contribution in [0.3, 0.4) is 0 Å². The van der Waals surface area contributed by atoms with Gasteiger partial charge in [-0.15, -0.1) is 0 Å². The van der Waals surface area contributed by atoms with Gasteiger partial charge in [0.05, 0.1) is 6.61 Å². The molecule has 1 N–H and O–H groups in total. The Hall–Kier alpha value is -1.28. The van der Waals surface area contributed by atoms with Crippen LogP contribution in [0.1, 0.15) is 5.76 Å². The molecule has 0 saturated carbocycles. The highest BCUT2D eigenvalue weighted by Gasteiger charge is 2.00. The Morgan fingerprint density at radius 1 is 1.25 bits per heavy atom. The number of hydrogen-bond acceptors (Lipinski definition) is 2. The molecule has 0 bridgehead atoms. The second-order valence-corrected chi connectivity index (χ2v) is 2.72. The number of aliphatic hydroxyl groups is 1.